The van der Waals surface area contributed by atoms with Gasteiger partial charge < -0.3 is 9.15 Å². The Bertz CT molecular complexity index is 1270. The highest BCUT2D eigenvalue weighted by Crippen LogP contribution is 2.33. The lowest BCUT2D eigenvalue weighted by Crippen LogP contribution is -2.28. The molecule has 9 nitrogen and oxygen atoms in total. The van der Waals surface area contributed by atoms with Crippen molar-refractivity contribution >= 4 is 38.4 Å². The summed E-state index contributed by atoms with van der Waals surface area (Å²) in [4.78, 5) is 29.9. The van der Waals surface area contributed by atoms with Crippen molar-refractivity contribution in [3.05, 3.63) is 52.8 Å². The van der Waals surface area contributed by atoms with E-state index in [-0.39, 0.29) is 33.0 Å². The number of ether oxygens (including phenoxy) is 1. The number of aromatic nitrogens is 1. The van der Waals surface area contributed by atoms with Gasteiger partial charge in [-0.3, -0.25) is 10.1 Å². The van der Waals surface area contributed by atoms with Crippen molar-refractivity contribution in [2.75, 3.05) is 25.0 Å². The number of furan rings is 1. The molecule has 1 fully saturated rings. The third kappa shape index (κ3) is 4.70. The number of thiazole rings is 1. The van der Waals surface area contributed by atoms with Crippen LogP contribution in [0.1, 0.15) is 45.8 Å². The Morgan fingerprint density at radius 2 is 1.91 bits per heavy atom. The van der Waals surface area contributed by atoms with Gasteiger partial charge in [0.25, 0.3) is 5.91 Å². The molecular weight excluding hydrogens is 466 g/mol. The predicted molar refractivity (Wildman–Crippen MR) is 123 cm³/mol. The maximum atomic E-state index is 12.9. The van der Waals surface area contributed by atoms with Crippen LogP contribution in [0, 0.1) is 6.92 Å². The van der Waals surface area contributed by atoms with Crippen LogP contribution in [-0.4, -0.2) is 49.3 Å². The Labute approximate surface area is 195 Å². The van der Waals surface area contributed by atoms with Gasteiger partial charge in [-0.2, -0.15) is 4.31 Å². The van der Waals surface area contributed by atoms with E-state index in [9.17, 15) is 18.0 Å². The van der Waals surface area contributed by atoms with Gasteiger partial charge in [0.1, 0.15) is 15.5 Å². The minimum atomic E-state index is -3.73. The van der Waals surface area contributed by atoms with Gasteiger partial charge in [0, 0.05) is 24.7 Å². The SMILES string of the molecule is CCOC(=O)c1sc(NC(=O)c2cc(S(=O)(=O)N3CCCC3)c(C)o2)nc1-c1ccccc1. The van der Waals surface area contributed by atoms with Crippen LogP contribution in [-0.2, 0) is 14.8 Å². The van der Waals surface area contributed by atoms with E-state index in [2.05, 4.69) is 10.3 Å². The van der Waals surface area contributed by atoms with Crippen molar-refractivity contribution in [3.8, 4) is 11.3 Å². The molecule has 0 atom stereocenters. The first kappa shape index (κ1) is 23.1. The van der Waals surface area contributed by atoms with Crippen LogP contribution >= 0.6 is 11.3 Å². The number of hydrogen-bond donors (Lipinski definition) is 1. The van der Waals surface area contributed by atoms with Crippen LogP contribution in [0.4, 0.5) is 5.13 Å². The summed E-state index contributed by atoms with van der Waals surface area (Å²) >= 11 is 0.977. The number of aryl methyl sites for hydroxylation is 1. The summed E-state index contributed by atoms with van der Waals surface area (Å²) in [7, 11) is -3.73. The Morgan fingerprint density at radius 3 is 2.58 bits per heavy atom. The second kappa shape index (κ2) is 9.46. The summed E-state index contributed by atoms with van der Waals surface area (Å²) in [5.74, 6) is -1.21. The number of carbonyl (C=O) groups excluding carboxylic acids is 2. The number of nitrogens with one attached hydrogen (secondary N) is 1. The third-order valence-corrected chi connectivity index (χ3v) is 8.09. The maximum Gasteiger partial charge on any atom is 0.350 e. The first-order valence-corrected chi connectivity index (χ1v) is 12.7. The highest BCUT2D eigenvalue weighted by Gasteiger charge is 2.32. The van der Waals surface area contributed by atoms with E-state index >= 15 is 0 Å². The van der Waals surface area contributed by atoms with E-state index in [1.54, 1.807) is 19.1 Å². The fourth-order valence-electron chi connectivity index (χ4n) is 3.56. The molecule has 174 valence electrons. The molecule has 1 aliphatic rings. The molecule has 3 aromatic rings. The van der Waals surface area contributed by atoms with E-state index in [0.717, 1.165) is 24.2 Å². The number of esters is 1. The third-order valence-electron chi connectivity index (χ3n) is 5.13. The van der Waals surface area contributed by atoms with Crippen molar-refractivity contribution < 1.29 is 27.2 Å². The molecular formula is C22H23N3O6S2. The molecule has 2 aromatic heterocycles. The van der Waals surface area contributed by atoms with Gasteiger partial charge in [0.15, 0.2) is 10.9 Å². The number of amides is 1. The van der Waals surface area contributed by atoms with Gasteiger partial charge >= 0.3 is 5.97 Å². The Hall–Kier alpha value is -3.02. The van der Waals surface area contributed by atoms with Crippen LogP contribution in [0.2, 0.25) is 0 Å². The summed E-state index contributed by atoms with van der Waals surface area (Å²) in [6, 6.07) is 10.3. The number of carbonyl (C=O) groups is 2. The molecule has 0 bridgehead atoms. The number of nitrogens with zero attached hydrogens (tertiary/aromatic N) is 2. The lowest BCUT2D eigenvalue weighted by Gasteiger charge is -2.14. The standard InChI is InChI=1S/C22H23N3O6S2/c1-3-30-21(27)19-18(15-9-5-4-6-10-15)23-22(32-19)24-20(26)16-13-17(14(2)31-16)33(28,29)25-11-7-8-12-25/h4-6,9-10,13H,3,7-8,11-12H2,1-2H3,(H,23,24,26). The second-order valence-electron chi connectivity index (χ2n) is 7.38. The molecule has 0 aliphatic carbocycles. The van der Waals surface area contributed by atoms with E-state index < -0.39 is 21.9 Å². The molecule has 0 unspecified atom stereocenters. The molecule has 3 heterocycles. The Morgan fingerprint density at radius 1 is 1.21 bits per heavy atom. The lowest BCUT2D eigenvalue weighted by atomic mass is 10.1. The van der Waals surface area contributed by atoms with Gasteiger partial charge in [0.2, 0.25) is 10.0 Å². The van der Waals surface area contributed by atoms with Crippen LogP contribution < -0.4 is 5.32 Å². The first-order valence-electron chi connectivity index (χ1n) is 10.5. The molecule has 33 heavy (non-hydrogen) atoms. The quantitative estimate of drug-likeness (QED) is 0.500. The summed E-state index contributed by atoms with van der Waals surface area (Å²) in [5.41, 5.74) is 1.09. The largest absolute Gasteiger partial charge is 0.462 e. The number of anilines is 1. The zero-order valence-electron chi connectivity index (χ0n) is 18.2. The first-order chi connectivity index (χ1) is 15.8. The van der Waals surface area contributed by atoms with Crippen LogP contribution in [0.15, 0.2) is 45.7 Å². The van der Waals surface area contributed by atoms with Crippen molar-refractivity contribution in [2.45, 2.75) is 31.6 Å². The molecule has 0 radical (unpaired) electrons. The highest BCUT2D eigenvalue weighted by molar-refractivity contribution is 7.89. The fraction of sp³-hybridized carbons (Fsp3) is 0.318. The second-order valence-corrected chi connectivity index (χ2v) is 10.3. The van der Waals surface area contributed by atoms with E-state index in [1.165, 1.54) is 17.3 Å². The van der Waals surface area contributed by atoms with E-state index in [1.807, 2.05) is 18.2 Å². The molecule has 0 spiro atoms. The van der Waals surface area contributed by atoms with Crippen molar-refractivity contribution in [1.29, 1.82) is 0 Å². The molecule has 0 saturated carbocycles. The zero-order valence-corrected chi connectivity index (χ0v) is 19.8. The normalized spacial score (nSPS) is 14.4. The maximum absolute atomic E-state index is 12.9. The van der Waals surface area contributed by atoms with E-state index in [4.69, 9.17) is 9.15 Å². The van der Waals surface area contributed by atoms with Crippen LogP contribution in [0.3, 0.4) is 0 Å². The molecule has 1 N–H and O–H groups in total. The average molecular weight is 490 g/mol. The Kier molecular flexibility index (Phi) is 6.63. The number of sulfonamides is 1. The smallest absolute Gasteiger partial charge is 0.350 e. The minimum absolute atomic E-state index is 0.0223. The van der Waals surface area contributed by atoms with Crippen LogP contribution in [0.5, 0.6) is 0 Å². The topological polar surface area (TPSA) is 119 Å². The molecule has 11 heteroatoms. The fourth-order valence-corrected chi connectivity index (χ4v) is 6.11. The van der Waals surface area contributed by atoms with Crippen molar-refractivity contribution in [3.63, 3.8) is 0 Å². The monoisotopic (exact) mass is 489 g/mol. The van der Waals surface area contributed by atoms with Crippen molar-refractivity contribution in [2.24, 2.45) is 0 Å². The summed E-state index contributed by atoms with van der Waals surface area (Å²) in [5, 5.41) is 2.77. The highest BCUT2D eigenvalue weighted by atomic mass is 32.2. The minimum Gasteiger partial charge on any atom is -0.462 e. The molecule has 1 amide bonds. The summed E-state index contributed by atoms with van der Waals surface area (Å²) in [6.07, 6.45) is 1.61. The number of hydrogen-bond acceptors (Lipinski definition) is 8. The Balaban J connectivity index is 1.61. The van der Waals surface area contributed by atoms with Gasteiger partial charge in [0.05, 0.1) is 12.3 Å². The molecule has 4 rings (SSSR count). The number of benzene rings is 1. The number of rotatable bonds is 7. The van der Waals surface area contributed by atoms with Crippen LogP contribution in [0.25, 0.3) is 11.3 Å². The van der Waals surface area contributed by atoms with Gasteiger partial charge in [-0.05, 0) is 26.7 Å². The predicted octanol–water partition coefficient (Wildman–Crippen LogP) is 3.93. The van der Waals surface area contributed by atoms with Crippen molar-refractivity contribution in [1.82, 2.24) is 9.29 Å². The summed E-state index contributed by atoms with van der Waals surface area (Å²) in [6.45, 7) is 4.32. The molecule has 1 aromatic carbocycles. The molecule has 1 saturated heterocycles. The lowest BCUT2D eigenvalue weighted by molar-refractivity contribution is 0.0532. The average Bonchev–Trinajstić information content (AvgIpc) is 3.54. The molecule has 1 aliphatic heterocycles. The van der Waals surface area contributed by atoms with Gasteiger partial charge in [-0.15, -0.1) is 0 Å². The summed E-state index contributed by atoms with van der Waals surface area (Å²) < 4.78 is 37.7. The van der Waals surface area contributed by atoms with E-state index in [0.29, 0.717) is 24.3 Å². The van der Waals surface area contributed by atoms with Gasteiger partial charge in [-0.1, -0.05) is 41.7 Å². The zero-order chi connectivity index (χ0) is 23.6. The van der Waals surface area contributed by atoms with Gasteiger partial charge in [-0.25, -0.2) is 18.2 Å².